The maximum atomic E-state index is 6.00. The number of aromatic nitrogens is 2. The summed E-state index contributed by atoms with van der Waals surface area (Å²) in [7, 11) is 1.66. The molecule has 0 aliphatic rings. The highest BCUT2D eigenvalue weighted by Crippen LogP contribution is 2.20. The van der Waals surface area contributed by atoms with Crippen LogP contribution in [0, 0.1) is 0 Å². The van der Waals surface area contributed by atoms with Crippen LogP contribution < -0.4 is 5.73 Å². The number of fused-ring (bicyclic) bond motifs is 1. The van der Waals surface area contributed by atoms with E-state index in [0.717, 1.165) is 11.3 Å². The third-order valence-corrected chi connectivity index (χ3v) is 2.50. The van der Waals surface area contributed by atoms with Gasteiger partial charge in [0.05, 0.1) is 12.1 Å². The van der Waals surface area contributed by atoms with Gasteiger partial charge in [0.25, 0.3) is 0 Å². The Balaban J connectivity index is 2.49. The van der Waals surface area contributed by atoms with Crippen LogP contribution in [0.15, 0.2) is 18.3 Å². The Bertz CT molecular complexity index is 481. The standard InChI is InChI=1S/C10H12ClN3O/c1-15-5-4-9-13-10(11)8-3-2-7(12)6-14(8)9/h2-3,6H,4-5,12H2,1H3. The summed E-state index contributed by atoms with van der Waals surface area (Å²) in [6.45, 7) is 0.615. The van der Waals surface area contributed by atoms with Crippen molar-refractivity contribution in [2.24, 2.45) is 0 Å². The zero-order valence-electron chi connectivity index (χ0n) is 8.40. The number of anilines is 1. The van der Waals surface area contributed by atoms with Crippen molar-refractivity contribution in [3.63, 3.8) is 0 Å². The summed E-state index contributed by atoms with van der Waals surface area (Å²) in [5.41, 5.74) is 7.27. The summed E-state index contributed by atoms with van der Waals surface area (Å²) < 4.78 is 6.91. The molecule has 4 nitrogen and oxygen atoms in total. The zero-order valence-corrected chi connectivity index (χ0v) is 9.16. The Morgan fingerprint density at radius 2 is 2.33 bits per heavy atom. The molecule has 0 saturated heterocycles. The predicted octanol–water partition coefficient (Wildman–Crippen LogP) is 1.76. The molecule has 0 aromatic carbocycles. The van der Waals surface area contributed by atoms with Crippen LogP contribution in [0.4, 0.5) is 5.69 Å². The van der Waals surface area contributed by atoms with Crippen LogP contribution >= 0.6 is 11.6 Å². The number of imidazole rings is 1. The Labute approximate surface area is 92.6 Å². The highest BCUT2D eigenvalue weighted by atomic mass is 35.5. The van der Waals surface area contributed by atoms with Crippen molar-refractivity contribution in [1.29, 1.82) is 0 Å². The minimum Gasteiger partial charge on any atom is -0.398 e. The van der Waals surface area contributed by atoms with Gasteiger partial charge < -0.3 is 14.9 Å². The fraction of sp³-hybridized carbons (Fsp3) is 0.300. The minimum absolute atomic E-state index is 0.501. The van der Waals surface area contributed by atoms with Gasteiger partial charge in [0.2, 0.25) is 0 Å². The van der Waals surface area contributed by atoms with Crippen LogP contribution in [-0.2, 0) is 11.2 Å². The SMILES string of the molecule is COCCc1nc(Cl)c2ccc(N)cn12. The van der Waals surface area contributed by atoms with Crippen molar-refractivity contribution in [3.8, 4) is 0 Å². The number of nitrogens with zero attached hydrogens (tertiary/aromatic N) is 2. The molecule has 15 heavy (non-hydrogen) atoms. The summed E-state index contributed by atoms with van der Waals surface area (Å²) in [4.78, 5) is 4.26. The molecule has 0 saturated carbocycles. The third kappa shape index (κ3) is 1.91. The van der Waals surface area contributed by atoms with Gasteiger partial charge in [0.15, 0.2) is 5.15 Å². The first-order valence-corrected chi connectivity index (χ1v) is 5.01. The van der Waals surface area contributed by atoms with Crippen molar-refractivity contribution in [2.75, 3.05) is 19.5 Å². The Hall–Kier alpha value is -1.26. The van der Waals surface area contributed by atoms with Crippen LogP contribution in [-0.4, -0.2) is 23.1 Å². The second-order valence-corrected chi connectivity index (χ2v) is 3.64. The van der Waals surface area contributed by atoms with Gasteiger partial charge in [0, 0.05) is 25.4 Å². The van der Waals surface area contributed by atoms with E-state index in [0.29, 0.717) is 23.9 Å². The summed E-state index contributed by atoms with van der Waals surface area (Å²) >= 11 is 6.00. The predicted molar refractivity (Wildman–Crippen MR) is 60.2 cm³/mol. The van der Waals surface area contributed by atoms with Gasteiger partial charge in [-0.1, -0.05) is 11.6 Å². The van der Waals surface area contributed by atoms with Crippen molar-refractivity contribution in [3.05, 3.63) is 29.3 Å². The molecule has 80 valence electrons. The lowest BCUT2D eigenvalue weighted by molar-refractivity contribution is 0.200. The summed E-state index contributed by atoms with van der Waals surface area (Å²) in [6.07, 6.45) is 2.53. The second-order valence-electron chi connectivity index (χ2n) is 3.28. The van der Waals surface area contributed by atoms with Gasteiger partial charge >= 0.3 is 0 Å². The van der Waals surface area contributed by atoms with Crippen LogP contribution in [0.5, 0.6) is 0 Å². The fourth-order valence-electron chi connectivity index (χ4n) is 1.49. The molecule has 0 amide bonds. The second kappa shape index (κ2) is 4.08. The van der Waals surface area contributed by atoms with Gasteiger partial charge in [-0.25, -0.2) is 4.98 Å². The first kappa shape index (κ1) is 10.3. The molecule has 0 aliphatic carbocycles. The number of pyridine rings is 1. The van der Waals surface area contributed by atoms with E-state index < -0.39 is 0 Å². The maximum Gasteiger partial charge on any atom is 0.155 e. The normalized spacial score (nSPS) is 11.1. The Morgan fingerprint density at radius 1 is 1.53 bits per heavy atom. The quantitative estimate of drug-likeness (QED) is 0.866. The molecule has 2 rings (SSSR count). The van der Waals surface area contributed by atoms with Crippen LogP contribution in [0.2, 0.25) is 5.15 Å². The number of halogens is 1. The van der Waals surface area contributed by atoms with Crippen LogP contribution in [0.25, 0.3) is 5.52 Å². The molecule has 0 bridgehead atoms. The highest BCUT2D eigenvalue weighted by Gasteiger charge is 2.08. The van der Waals surface area contributed by atoms with Gasteiger partial charge in [-0.05, 0) is 12.1 Å². The summed E-state index contributed by atoms with van der Waals surface area (Å²) in [5.74, 6) is 0.865. The van der Waals surface area contributed by atoms with E-state index in [9.17, 15) is 0 Å². The molecule has 2 aromatic heterocycles. The first-order chi connectivity index (χ1) is 7.22. The number of rotatable bonds is 3. The largest absolute Gasteiger partial charge is 0.398 e. The number of hydrogen-bond acceptors (Lipinski definition) is 3. The molecule has 2 N–H and O–H groups in total. The number of nitrogens with two attached hydrogens (primary N) is 1. The highest BCUT2D eigenvalue weighted by molar-refractivity contribution is 6.32. The van der Waals surface area contributed by atoms with Gasteiger partial charge in [-0.15, -0.1) is 0 Å². The lowest BCUT2D eigenvalue weighted by Gasteiger charge is -2.01. The van der Waals surface area contributed by atoms with E-state index in [1.165, 1.54) is 0 Å². The van der Waals surface area contributed by atoms with E-state index in [1.807, 2.05) is 22.7 Å². The van der Waals surface area contributed by atoms with Crippen molar-refractivity contribution in [1.82, 2.24) is 9.38 Å². The van der Waals surface area contributed by atoms with E-state index in [-0.39, 0.29) is 0 Å². The zero-order chi connectivity index (χ0) is 10.8. The minimum atomic E-state index is 0.501. The fourth-order valence-corrected chi connectivity index (χ4v) is 1.74. The molecular weight excluding hydrogens is 214 g/mol. The molecule has 2 heterocycles. The van der Waals surface area contributed by atoms with Crippen molar-refractivity contribution >= 4 is 22.8 Å². The number of ether oxygens (including phenoxy) is 1. The molecule has 0 aliphatic heterocycles. The van der Waals surface area contributed by atoms with E-state index in [2.05, 4.69) is 4.98 Å². The summed E-state index contributed by atoms with van der Waals surface area (Å²) in [5, 5.41) is 0.501. The van der Waals surface area contributed by atoms with Gasteiger partial charge in [0.1, 0.15) is 5.82 Å². The first-order valence-electron chi connectivity index (χ1n) is 4.63. The lowest BCUT2D eigenvalue weighted by Crippen LogP contribution is -2.01. The topological polar surface area (TPSA) is 52.5 Å². The van der Waals surface area contributed by atoms with Gasteiger partial charge in [-0.3, -0.25) is 0 Å². The van der Waals surface area contributed by atoms with Crippen LogP contribution in [0.3, 0.4) is 0 Å². The molecule has 2 aromatic rings. The van der Waals surface area contributed by atoms with Crippen molar-refractivity contribution < 1.29 is 4.74 Å². The molecular formula is C10H12ClN3O. The van der Waals surface area contributed by atoms with E-state index in [1.54, 1.807) is 7.11 Å². The monoisotopic (exact) mass is 225 g/mol. The lowest BCUT2D eigenvalue weighted by atomic mass is 10.3. The third-order valence-electron chi connectivity index (χ3n) is 2.22. The molecule has 0 radical (unpaired) electrons. The average Bonchev–Trinajstić information content (AvgIpc) is 2.52. The number of hydrogen-bond donors (Lipinski definition) is 1. The average molecular weight is 226 g/mol. The van der Waals surface area contributed by atoms with Crippen LogP contribution in [0.1, 0.15) is 5.82 Å². The Kier molecular flexibility index (Phi) is 2.79. The van der Waals surface area contributed by atoms with E-state index in [4.69, 9.17) is 22.1 Å². The molecule has 0 atom stereocenters. The van der Waals surface area contributed by atoms with E-state index >= 15 is 0 Å². The van der Waals surface area contributed by atoms with Crippen molar-refractivity contribution in [2.45, 2.75) is 6.42 Å². The molecule has 0 unspecified atom stereocenters. The number of nitrogen functional groups attached to an aromatic ring is 1. The summed E-state index contributed by atoms with van der Waals surface area (Å²) in [6, 6.07) is 3.67. The van der Waals surface area contributed by atoms with Gasteiger partial charge in [-0.2, -0.15) is 0 Å². The molecule has 0 fully saturated rings. The molecule has 5 heteroatoms. The number of methoxy groups -OCH3 is 1. The Morgan fingerprint density at radius 3 is 3.07 bits per heavy atom. The maximum absolute atomic E-state index is 6.00. The molecule has 0 spiro atoms. The smallest absolute Gasteiger partial charge is 0.155 e.